The number of carbonyl (C=O) groups is 1. The molecule has 2 aromatic heterocycles. The molecule has 4 rings (SSSR count). The minimum Gasteiger partial charge on any atom is -0.341 e. The number of nitrogens with one attached hydrogen (secondary N) is 1. The standard InChI is InChI=1S/C22H25N3O2S2/c1-14-6-3-4-7-15(14)12-25(2)19(26)10-11-28-13-18-23-21(27)20-16-8-5-9-17(16)29-22(20)24-18/h3-4,6-7H,5,8-13H2,1-2H3,(H,23,24,27). The van der Waals surface area contributed by atoms with Gasteiger partial charge in [-0.1, -0.05) is 24.3 Å². The van der Waals surface area contributed by atoms with Crippen molar-refractivity contribution in [3.8, 4) is 0 Å². The lowest BCUT2D eigenvalue weighted by Crippen LogP contribution is -2.26. The van der Waals surface area contributed by atoms with Crippen LogP contribution < -0.4 is 5.56 Å². The normalized spacial score (nSPS) is 13.0. The smallest absolute Gasteiger partial charge is 0.259 e. The zero-order valence-corrected chi connectivity index (χ0v) is 18.4. The molecule has 0 saturated heterocycles. The van der Waals surface area contributed by atoms with Crippen LogP contribution in [0, 0.1) is 6.92 Å². The number of aromatic nitrogens is 2. The highest BCUT2D eigenvalue weighted by Crippen LogP contribution is 2.34. The molecule has 152 valence electrons. The van der Waals surface area contributed by atoms with Crippen LogP contribution in [-0.4, -0.2) is 33.6 Å². The van der Waals surface area contributed by atoms with E-state index in [1.54, 1.807) is 28.0 Å². The molecule has 0 radical (unpaired) electrons. The second-order valence-electron chi connectivity index (χ2n) is 7.53. The van der Waals surface area contributed by atoms with Crippen molar-refractivity contribution in [1.82, 2.24) is 14.9 Å². The molecule has 1 aliphatic carbocycles. The van der Waals surface area contributed by atoms with Gasteiger partial charge in [-0.15, -0.1) is 11.3 Å². The summed E-state index contributed by atoms with van der Waals surface area (Å²) in [5, 5.41) is 0.796. The number of thiophene rings is 1. The molecule has 3 aromatic rings. The number of benzene rings is 1. The van der Waals surface area contributed by atoms with Gasteiger partial charge in [0.25, 0.3) is 5.56 Å². The Kier molecular flexibility index (Phi) is 6.06. The highest BCUT2D eigenvalue weighted by Gasteiger charge is 2.21. The van der Waals surface area contributed by atoms with Gasteiger partial charge in [0.15, 0.2) is 0 Å². The Labute approximate surface area is 178 Å². The molecule has 1 aromatic carbocycles. The number of hydrogen-bond acceptors (Lipinski definition) is 5. The first-order chi connectivity index (χ1) is 14.0. The molecule has 0 saturated carbocycles. The Hall–Kier alpha value is -2.12. The summed E-state index contributed by atoms with van der Waals surface area (Å²) >= 11 is 3.30. The fourth-order valence-electron chi connectivity index (χ4n) is 3.77. The van der Waals surface area contributed by atoms with Gasteiger partial charge in [-0.3, -0.25) is 9.59 Å². The number of rotatable bonds is 7. The molecule has 2 heterocycles. The number of aryl methyl sites for hydroxylation is 3. The lowest BCUT2D eigenvalue weighted by atomic mass is 10.1. The Morgan fingerprint density at radius 3 is 2.97 bits per heavy atom. The molecule has 1 amide bonds. The number of thioether (sulfide) groups is 1. The van der Waals surface area contributed by atoms with Crippen LogP contribution in [0.1, 0.15) is 40.2 Å². The number of amides is 1. The predicted octanol–water partition coefficient (Wildman–Crippen LogP) is 4.06. The summed E-state index contributed by atoms with van der Waals surface area (Å²) in [6.45, 7) is 2.70. The van der Waals surface area contributed by atoms with Gasteiger partial charge in [0.1, 0.15) is 10.7 Å². The van der Waals surface area contributed by atoms with E-state index in [0.29, 0.717) is 30.3 Å². The first-order valence-electron chi connectivity index (χ1n) is 9.92. The molecule has 7 heteroatoms. The summed E-state index contributed by atoms with van der Waals surface area (Å²) in [4.78, 5) is 36.5. The highest BCUT2D eigenvalue weighted by molar-refractivity contribution is 7.98. The minimum absolute atomic E-state index is 0.0148. The molecule has 0 spiro atoms. The van der Waals surface area contributed by atoms with E-state index in [-0.39, 0.29) is 11.5 Å². The van der Waals surface area contributed by atoms with Gasteiger partial charge >= 0.3 is 0 Å². The summed E-state index contributed by atoms with van der Waals surface area (Å²) < 4.78 is 0. The monoisotopic (exact) mass is 427 g/mol. The average Bonchev–Trinajstić information content (AvgIpc) is 3.27. The Balaban J connectivity index is 1.30. The van der Waals surface area contributed by atoms with Crippen LogP contribution >= 0.6 is 23.1 Å². The van der Waals surface area contributed by atoms with Crippen LogP contribution in [0.15, 0.2) is 29.1 Å². The van der Waals surface area contributed by atoms with E-state index in [1.165, 1.54) is 21.6 Å². The second kappa shape index (κ2) is 8.71. The number of nitrogens with zero attached hydrogens (tertiary/aromatic N) is 2. The van der Waals surface area contributed by atoms with E-state index in [4.69, 9.17) is 0 Å². The van der Waals surface area contributed by atoms with Gasteiger partial charge in [0.05, 0.1) is 11.1 Å². The first-order valence-corrected chi connectivity index (χ1v) is 11.9. The summed E-state index contributed by atoms with van der Waals surface area (Å²) in [7, 11) is 1.85. The van der Waals surface area contributed by atoms with Crippen molar-refractivity contribution in [3.63, 3.8) is 0 Å². The van der Waals surface area contributed by atoms with Crippen molar-refractivity contribution >= 4 is 39.2 Å². The maximum absolute atomic E-state index is 12.5. The van der Waals surface area contributed by atoms with Gasteiger partial charge in [-0.2, -0.15) is 11.8 Å². The number of H-pyrrole nitrogens is 1. The Bertz CT molecular complexity index is 1100. The zero-order valence-electron chi connectivity index (χ0n) is 16.8. The number of aromatic amines is 1. The zero-order chi connectivity index (χ0) is 20.4. The maximum atomic E-state index is 12.5. The second-order valence-corrected chi connectivity index (χ2v) is 9.72. The van der Waals surface area contributed by atoms with Gasteiger partial charge in [-0.05, 0) is 42.9 Å². The molecule has 29 heavy (non-hydrogen) atoms. The minimum atomic E-state index is -0.0148. The Morgan fingerprint density at radius 1 is 1.31 bits per heavy atom. The van der Waals surface area contributed by atoms with Crippen molar-refractivity contribution in [3.05, 3.63) is 62.0 Å². The average molecular weight is 428 g/mol. The van der Waals surface area contributed by atoms with E-state index in [2.05, 4.69) is 29.0 Å². The van der Waals surface area contributed by atoms with Crippen molar-refractivity contribution in [2.45, 2.75) is 44.9 Å². The molecule has 0 fully saturated rings. The summed E-state index contributed by atoms with van der Waals surface area (Å²) in [5.41, 5.74) is 3.57. The fourth-order valence-corrected chi connectivity index (χ4v) is 5.84. The molecule has 0 aliphatic heterocycles. The van der Waals surface area contributed by atoms with Crippen molar-refractivity contribution in [2.24, 2.45) is 0 Å². The summed E-state index contributed by atoms with van der Waals surface area (Å²) in [6.07, 6.45) is 3.68. The van der Waals surface area contributed by atoms with Crippen LogP contribution in [0.25, 0.3) is 10.2 Å². The topological polar surface area (TPSA) is 66.1 Å². The molecular formula is C22H25N3O2S2. The van der Waals surface area contributed by atoms with Gasteiger partial charge in [0, 0.05) is 30.6 Å². The molecule has 1 aliphatic rings. The summed E-state index contributed by atoms with van der Waals surface area (Å²) in [5.74, 6) is 2.16. The summed E-state index contributed by atoms with van der Waals surface area (Å²) in [6, 6.07) is 8.14. The molecule has 0 bridgehead atoms. The third kappa shape index (κ3) is 4.41. The number of carbonyl (C=O) groups excluding carboxylic acids is 1. The van der Waals surface area contributed by atoms with Crippen LogP contribution in [0.5, 0.6) is 0 Å². The van der Waals surface area contributed by atoms with Crippen molar-refractivity contribution < 1.29 is 4.79 Å². The lowest BCUT2D eigenvalue weighted by molar-refractivity contribution is -0.129. The third-order valence-corrected chi connectivity index (χ3v) is 7.57. The van der Waals surface area contributed by atoms with Crippen LogP contribution in [0.4, 0.5) is 0 Å². The molecule has 0 atom stereocenters. The van der Waals surface area contributed by atoms with Crippen molar-refractivity contribution in [2.75, 3.05) is 12.8 Å². The Morgan fingerprint density at radius 2 is 2.14 bits per heavy atom. The predicted molar refractivity (Wildman–Crippen MR) is 121 cm³/mol. The fraction of sp³-hybridized carbons (Fsp3) is 0.409. The molecule has 1 N–H and O–H groups in total. The third-order valence-electron chi connectivity index (χ3n) is 5.42. The SMILES string of the molecule is Cc1ccccc1CN(C)C(=O)CCSCc1nc2sc3c(c2c(=O)[nH]1)CCC3. The largest absolute Gasteiger partial charge is 0.341 e. The van der Waals surface area contributed by atoms with E-state index in [0.717, 1.165) is 29.5 Å². The van der Waals surface area contributed by atoms with E-state index in [9.17, 15) is 9.59 Å². The molecular weight excluding hydrogens is 402 g/mol. The number of hydrogen-bond donors (Lipinski definition) is 1. The van der Waals surface area contributed by atoms with Crippen molar-refractivity contribution in [1.29, 1.82) is 0 Å². The van der Waals surface area contributed by atoms with E-state index in [1.807, 2.05) is 19.2 Å². The van der Waals surface area contributed by atoms with Gasteiger partial charge in [-0.25, -0.2) is 4.98 Å². The molecule has 0 unspecified atom stereocenters. The highest BCUT2D eigenvalue weighted by atomic mass is 32.2. The maximum Gasteiger partial charge on any atom is 0.259 e. The van der Waals surface area contributed by atoms with E-state index < -0.39 is 0 Å². The number of fused-ring (bicyclic) bond motifs is 3. The van der Waals surface area contributed by atoms with E-state index >= 15 is 0 Å². The van der Waals surface area contributed by atoms with Gasteiger partial charge < -0.3 is 9.88 Å². The van der Waals surface area contributed by atoms with Crippen LogP contribution in [0.3, 0.4) is 0 Å². The van der Waals surface area contributed by atoms with Crippen LogP contribution in [-0.2, 0) is 29.9 Å². The molecule has 5 nitrogen and oxygen atoms in total. The van der Waals surface area contributed by atoms with Gasteiger partial charge in [0.2, 0.25) is 5.91 Å². The lowest BCUT2D eigenvalue weighted by Gasteiger charge is -2.18. The quantitative estimate of drug-likeness (QED) is 0.578. The first kappa shape index (κ1) is 20.2. The van der Waals surface area contributed by atoms with Crippen LogP contribution in [0.2, 0.25) is 0 Å².